The molecule has 2 fully saturated rings. The second-order valence-corrected chi connectivity index (χ2v) is 8.32. The van der Waals surface area contributed by atoms with E-state index in [1.807, 2.05) is 0 Å². The molecule has 0 saturated carbocycles. The highest BCUT2D eigenvalue weighted by Gasteiger charge is 2.32. The lowest BCUT2D eigenvalue weighted by Gasteiger charge is -2.25. The topological polar surface area (TPSA) is 66.5 Å². The van der Waals surface area contributed by atoms with Gasteiger partial charge in [0.25, 0.3) is 5.91 Å². The van der Waals surface area contributed by atoms with Crippen molar-refractivity contribution in [1.82, 2.24) is 10.2 Å². The lowest BCUT2D eigenvalue weighted by atomic mass is 10.1. The van der Waals surface area contributed by atoms with Gasteiger partial charge in [-0.2, -0.15) is 0 Å². The van der Waals surface area contributed by atoms with Crippen LogP contribution in [0.2, 0.25) is 0 Å². The van der Waals surface area contributed by atoms with Crippen molar-refractivity contribution in [2.24, 2.45) is 0 Å². The Labute approximate surface area is 131 Å². The van der Waals surface area contributed by atoms with Crippen molar-refractivity contribution in [3.63, 3.8) is 0 Å². The van der Waals surface area contributed by atoms with Crippen LogP contribution in [0.4, 0.5) is 0 Å². The first-order valence-corrected chi connectivity index (χ1v) is 9.53. The number of hydrogen-bond donors (Lipinski definition) is 1. The predicted molar refractivity (Wildman–Crippen MR) is 84.6 cm³/mol. The summed E-state index contributed by atoms with van der Waals surface area (Å²) in [5, 5.41) is 3.53. The fraction of sp³-hybridized carbons (Fsp3) is 0.562. The van der Waals surface area contributed by atoms with Gasteiger partial charge in [-0.15, -0.1) is 0 Å². The molecule has 1 amide bonds. The smallest absolute Gasteiger partial charge is 0.255 e. The number of carbonyl (C=O) groups excluding carboxylic acids is 1. The van der Waals surface area contributed by atoms with Gasteiger partial charge in [-0.25, -0.2) is 8.42 Å². The maximum atomic E-state index is 12.8. The molecule has 2 heterocycles. The van der Waals surface area contributed by atoms with Crippen LogP contribution in [0.1, 0.15) is 36.5 Å². The van der Waals surface area contributed by atoms with Crippen LogP contribution >= 0.6 is 0 Å². The number of benzene rings is 1. The summed E-state index contributed by atoms with van der Waals surface area (Å²) in [6.45, 7) is 2.95. The van der Waals surface area contributed by atoms with Gasteiger partial charge < -0.3 is 10.2 Å². The van der Waals surface area contributed by atoms with E-state index in [9.17, 15) is 13.2 Å². The average Bonchev–Trinajstić information content (AvgIpc) is 2.86. The van der Waals surface area contributed by atoms with E-state index in [-0.39, 0.29) is 16.6 Å². The molecule has 120 valence electrons. The van der Waals surface area contributed by atoms with Crippen LogP contribution in [0.15, 0.2) is 29.2 Å². The van der Waals surface area contributed by atoms with Gasteiger partial charge in [0.15, 0.2) is 9.84 Å². The van der Waals surface area contributed by atoms with Crippen LogP contribution in [0, 0.1) is 0 Å². The Morgan fingerprint density at radius 1 is 1.23 bits per heavy atom. The summed E-state index contributed by atoms with van der Waals surface area (Å²) in [5.41, 5.74) is 0.308. The summed E-state index contributed by atoms with van der Waals surface area (Å²) in [5.74, 6) is -0.161. The third kappa shape index (κ3) is 2.90. The lowest BCUT2D eigenvalue weighted by Crippen LogP contribution is -2.39. The fourth-order valence-electron chi connectivity index (χ4n) is 3.37. The first-order chi connectivity index (χ1) is 10.5. The van der Waals surface area contributed by atoms with Gasteiger partial charge in [-0.3, -0.25) is 4.79 Å². The third-order valence-electron chi connectivity index (χ3n) is 4.64. The number of nitrogens with zero attached hydrogens (tertiary/aromatic N) is 1. The number of likely N-dealkylation sites (tertiary alicyclic amines) is 1. The molecule has 0 aromatic heterocycles. The van der Waals surface area contributed by atoms with E-state index >= 15 is 0 Å². The summed E-state index contributed by atoms with van der Waals surface area (Å²) in [6, 6.07) is 7.40. The normalized spacial score (nSPS) is 25.0. The zero-order chi connectivity index (χ0) is 15.7. The van der Waals surface area contributed by atoms with E-state index in [0.29, 0.717) is 30.7 Å². The Bertz CT molecular complexity index is 672. The summed E-state index contributed by atoms with van der Waals surface area (Å²) in [7, 11) is -3.40. The van der Waals surface area contributed by atoms with Crippen LogP contribution in [0.25, 0.3) is 0 Å². The SMILES string of the molecule is CCS(=O)(=O)c1ccccc1C(=O)N1CCC2CCC(C1)N2. The molecule has 2 bridgehead atoms. The zero-order valence-corrected chi connectivity index (χ0v) is 13.6. The minimum Gasteiger partial charge on any atom is -0.337 e. The Morgan fingerprint density at radius 2 is 1.95 bits per heavy atom. The molecule has 22 heavy (non-hydrogen) atoms. The van der Waals surface area contributed by atoms with Gasteiger partial charge in [0, 0.05) is 25.2 Å². The quantitative estimate of drug-likeness (QED) is 0.914. The minimum atomic E-state index is -3.40. The third-order valence-corrected chi connectivity index (χ3v) is 6.43. The predicted octanol–water partition coefficient (Wildman–Crippen LogP) is 1.45. The highest BCUT2D eigenvalue weighted by molar-refractivity contribution is 7.91. The van der Waals surface area contributed by atoms with E-state index < -0.39 is 9.84 Å². The van der Waals surface area contributed by atoms with E-state index in [0.717, 1.165) is 12.8 Å². The van der Waals surface area contributed by atoms with Gasteiger partial charge >= 0.3 is 0 Å². The first-order valence-electron chi connectivity index (χ1n) is 7.88. The molecule has 2 saturated heterocycles. The number of sulfone groups is 1. The average molecular weight is 322 g/mol. The monoisotopic (exact) mass is 322 g/mol. The Kier molecular flexibility index (Phi) is 4.23. The number of rotatable bonds is 3. The molecule has 2 unspecified atom stereocenters. The van der Waals surface area contributed by atoms with Gasteiger partial charge in [0.2, 0.25) is 0 Å². The number of amides is 1. The second kappa shape index (κ2) is 6.01. The van der Waals surface area contributed by atoms with Crippen LogP contribution < -0.4 is 5.32 Å². The fourth-order valence-corrected chi connectivity index (χ4v) is 4.46. The number of fused-ring (bicyclic) bond motifs is 2. The molecule has 1 N–H and O–H groups in total. The van der Waals surface area contributed by atoms with Gasteiger partial charge in [0.05, 0.1) is 16.2 Å². The molecule has 6 heteroatoms. The molecule has 3 rings (SSSR count). The number of nitrogens with one attached hydrogen (secondary N) is 1. The van der Waals surface area contributed by atoms with E-state index in [1.54, 1.807) is 30.0 Å². The molecule has 5 nitrogen and oxygen atoms in total. The van der Waals surface area contributed by atoms with Gasteiger partial charge in [0.1, 0.15) is 0 Å². The van der Waals surface area contributed by atoms with Gasteiger partial charge in [-0.05, 0) is 31.4 Å². The van der Waals surface area contributed by atoms with Crippen molar-refractivity contribution in [2.45, 2.75) is 43.2 Å². The largest absolute Gasteiger partial charge is 0.337 e. The van der Waals surface area contributed by atoms with Crippen LogP contribution in [0.3, 0.4) is 0 Å². The van der Waals surface area contributed by atoms with Crippen molar-refractivity contribution in [3.05, 3.63) is 29.8 Å². The summed E-state index contributed by atoms with van der Waals surface area (Å²) in [6.07, 6.45) is 3.20. The first kappa shape index (κ1) is 15.5. The molecule has 0 radical (unpaired) electrons. The van der Waals surface area contributed by atoms with Crippen molar-refractivity contribution in [2.75, 3.05) is 18.8 Å². The molecule has 2 atom stereocenters. The maximum Gasteiger partial charge on any atom is 0.255 e. The number of carbonyl (C=O) groups is 1. The van der Waals surface area contributed by atoms with E-state index in [4.69, 9.17) is 0 Å². The molecule has 2 aliphatic heterocycles. The van der Waals surface area contributed by atoms with Gasteiger partial charge in [-0.1, -0.05) is 19.1 Å². The van der Waals surface area contributed by atoms with Crippen LogP contribution in [-0.2, 0) is 9.84 Å². The minimum absolute atomic E-state index is 0.00352. The second-order valence-electron chi connectivity index (χ2n) is 6.08. The Balaban J connectivity index is 1.89. The molecule has 1 aromatic rings. The van der Waals surface area contributed by atoms with E-state index in [2.05, 4.69) is 5.32 Å². The Morgan fingerprint density at radius 3 is 2.73 bits per heavy atom. The highest BCUT2D eigenvalue weighted by Crippen LogP contribution is 2.24. The van der Waals surface area contributed by atoms with Crippen LogP contribution in [-0.4, -0.2) is 50.2 Å². The molecule has 0 spiro atoms. The van der Waals surface area contributed by atoms with Crippen molar-refractivity contribution in [1.29, 1.82) is 0 Å². The summed E-state index contributed by atoms with van der Waals surface area (Å²) < 4.78 is 24.4. The summed E-state index contributed by atoms with van der Waals surface area (Å²) >= 11 is 0. The highest BCUT2D eigenvalue weighted by atomic mass is 32.2. The molecular formula is C16H22N2O3S. The molecule has 0 aliphatic carbocycles. The zero-order valence-electron chi connectivity index (χ0n) is 12.8. The standard InChI is InChI=1S/C16H22N2O3S/c1-2-22(20,21)15-6-4-3-5-14(15)16(19)18-10-9-12-7-8-13(11-18)17-12/h3-6,12-13,17H,2,7-11H2,1H3. The van der Waals surface area contributed by atoms with Crippen LogP contribution in [0.5, 0.6) is 0 Å². The molecule has 1 aromatic carbocycles. The number of hydrogen-bond acceptors (Lipinski definition) is 4. The van der Waals surface area contributed by atoms with Crippen molar-refractivity contribution in [3.8, 4) is 0 Å². The van der Waals surface area contributed by atoms with Crippen molar-refractivity contribution < 1.29 is 13.2 Å². The molecule has 2 aliphatic rings. The molecular weight excluding hydrogens is 300 g/mol. The Hall–Kier alpha value is -1.40. The lowest BCUT2D eigenvalue weighted by molar-refractivity contribution is 0.0744. The summed E-state index contributed by atoms with van der Waals surface area (Å²) in [4.78, 5) is 14.8. The maximum absolute atomic E-state index is 12.8. The van der Waals surface area contributed by atoms with Crippen molar-refractivity contribution >= 4 is 15.7 Å². The van der Waals surface area contributed by atoms with E-state index in [1.165, 1.54) is 12.5 Å².